The third kappa shape index (κ3) is 6.06. The average molecular weight is 512 g/mol. The molecular weight excluding hydrogens is 486 g/mol. The summed E-state index contributed by atoms with van der Waals surface area (Å²) in [5, 5.41) is 7.23. The molecule has 0 saturated carbocycles. The quantitative estimate of drug-likeness (QED) is 0.166. The number of ether oxygens (including phenoxy) is 1. The molecule has 2 aromatic carbocycles. The molecule has 0 spiro atoms. The zero-order valence-corrected chi connectivity index (χ0v) is 20.4. The molecular formula is C25H25N3O7S. The molecule has 0 aromatic heterocycles. The first-order chi connectivity index (χ1) is 17.1. The number of rotatable bonds is 6. The number of anilines is 1. The molecule has 2 aliphatic rings. The van der Waals surface area contributed by atoms with Crippen LogP contribution < -0.4 is 16.5 Å². The Balaban J connectivity index is 0.000000840. The topological polar surface area (TPSA) is 169 Å². The van der Waals surface area contributed by atoms with Crippen LogP contribution in [0.15, 0.2) is 65.1 Å². The second-order valence-corrected chi connectivity index (χ2v) is 9.38. The maximum atomic E-state index is 13.2. The number of carbonyl (C=O) groups excluding carboxylic acids is 2. The SMILES string of the molecule is CN(CCS(=O)(=O)[O-])C(=O)c1ccccc1-c1c2ccc(=[NH2+])cc-2oc2cc(N)ccc12.COC=O. The molecule has 0 unspecified atom stereocenters. The highest BCUT2D eigenvalue weighted by molar-refractivity contribution is 7.85. The lowest BCUT2D eigenvalue weighted by Crippen LogP contribution is -2.44. The number of nitrogens with two attached hydrogens (primary N) is 2. The van der Waals surface area contributed by atoms with Gasteiger partial charge in [-0.15, -0.1) is 0 Å². The van der Waals surface area contributed by atoms with E-state index in [4.69, 9.17) is 20.4 Å². The fourth-order valence-corrected chi connectivity index (χ4v) is 4.15. The second-order valence-electron chi connectivity index (χ2n) is 7.85. The third-order valence-corrected chi connectivity index (χ3v) is 6.00. The van der Waals surface area contributed by atoms with Crippen LogP contribution in [0, 0.1) is 0 Å². The lowest BCUT2D eigenvalue weighted by molar-refractivity contribution is -0.172. The Morgan fingerprint density at radius 1 is 1.14 bits per heavy atom. The van der Waals surface area contributed by atoms with Crippen molar-refractivity contribution in [2.45, 2.75) is 0 Å². The summed E-state index contributed by atoms with van der Waals surface area (Å²) in [7, 11) is -1.67. The van der Waals surface area contributed by atoms with E-state index >= 15 is 0 Å². The minimum absolute atomic E-state index is 0.211. The smallest absolute Gasteiger partial charge is 0.292 e. The summed E-state index contributed by atoms with van der Waals surface area (Å²) in [4.78, 5) is 23.4. The van der Waals surface area contributed by atoms with E-state index in [0.29, 0.717) is 40.0 Å². The molecule has 2 aromatic rings. The Morgan fingerprint density at radius 3 is 2.50 bits per heavy atom. The van der Waals surface area contributed by atoms with Crippen LogP contribution in [0.4, 0.5) is 5.69 Å². The van der Waals surface area contributed by atoms with Gasteiger partial charge in [0.05, 0.1) is 29.0 Å². The predicted octanol–water partition coefficient (Wildman–Crippen LogP) is 0.853. The zero-order valence-electron chi connectivity index (χ0n) is 19.6. The van der Waals surface area contributed by atoms with Gasteiger partial charge in [-0.3, -0.25) is 15.0 Å². The van der Waals surface area contributed by atoms with Crippen LogP contribution in [0.1, 0.15) is 10.4 Å². The van der Waals surface area contributed by atoms with Crippen molar-refractivity contribution in [2.75, 3.05) is 32.2 Å². The Bertz CT molecular complexity index is 1550. The van der Waals surface area contributed by atoms with E-state index in [1.54, 1.807) is 36.4 Å². The minimum atomic E-state index is -4.44. The van der Waals surface area contributed by atoms with Crippen LogP contribution in [0.3, 0.4) is 0 Å². The van der Waals surface area contributed by atoms with Crippen molar-refractivity contribution in [3.63, 3.8) is 0 Å². The van der Waals surface area contributed by atoms with E-state index < -0.39 is 21.8 Å². The number of benzene rings is 3. The Hall–Kier alpha value is -4.22. The first-order valence-electron chi connectivity index (χ1n) is 10.6. The van der Waals surface area contributed by atoms with E-state index in [-0.39, 0.29) is 6.54 Å². The van der Waals surface area contributed by atoms with E-state index in [1.165, 1.54) is 19.1 Å². The molecule has 1 aliphatic heterocycles. The molecule has 10 nitrogen and oxygen atoms in total. The molecule has 36 heavy (non-hydrogen) atoms. The monoisotopic (exact) mass is 511 g/mol. The molecule has 1 amide bonds. The van der Waals surface area contributed by atoms with E-state index in [9.17, 15) is 17.8 Å². The van der Waals surface area contributed by atoms with E-state index in [0.717, 1.165) is 16.5 Å². The lowest BCUT2D eigenvalue weighted by atomic mass is 9.90. The summed E-state index contributed by atoms with van der Waals surface area (Å²) in [6, 6.07) is 17.6. The normalized spacial score (nSPS) is 11.0. The molecule has 4 rings (SSSR count). The molecule has 0 saturated heterocycles. The first kappa shape index (κ1) is 26.4. The van der Waals surface area contributed by atoms with Crippen molar-refractivity contribution in [1.29, 1.82) is 0 Å². The van der Waals surface area contributed by atoms with Gasteiger partial charge in [0.1, 0.15) is 11.3 Å². The number of nitrogen functional groups attached to an aromatic ring is 1. The van der Waals surface area contributed by atoms with Gasteiger partial charge in [0.15, 0.2) is 5.36 Å². The zero-order chi connectivity index (χ0) is 26.5. The van der Waals surface area contributed by atoms with Crippen molar-refractivity contribution in [2.24, 2.45) is 0 Å². The average Bonchev–Trinajstić information content (AvgIpc) is 2.85. The Labute approximate surface area is 207 Å². The van der Waals surface area contributed by atoms with Gasteiger partial charge >= 0.3 is 0 Å². The number of nitrogens with zero attached hydrogens (tertiary/aromatic N) is 1. The van der Waals surface area contributed by atoms with Crippen LogP contribution in [-0.4, -0.2) is 56.7 Å². The molecule has 1 heterocycles. The highest BCUT2D eigenvalue weighted by atomic mass is 32.2. The van der Waals surface area contributed by atoms with E-state index in [2.05, 4.69) is 4.74 Å². The number of methoxy groups -OCH3 is 1. The standard InChI is InChI=1S/C23H21N3O5S.C2H4O2/c1-26(10-11-32(28,29)30)23(27)17-5-3-2-4-16(17)22-18-8-6-14(24)12-20(18)31-21-13-15(25)7-9-19(21)22;1-4-2-3/h2-9,12-13,24H,10-11,25H2,1H3,(H,28,29,30);2H,1H3. The third-order valence-electron chi connectivity index (χ3n) is 5.32. The van der Waals surface area contributed by atoms with Crippen LogP contribution in [-0.2, 0) is 19.6 Å². The van der Waals surface area contributed by atoms with Crippen molar-refractivity contribution in [3.8, 4) is 22.5 Å². The maximum Gasteiger partial charge on any atom is 0.292 e. The summed E-state index contributed by atoms with van der Waals surface area (Å²) >= 11 is 0. The van der Waals surface area contributed by atoms with Gasteiger partial charge < -0.3 is 24.3 Å². The summed E-state index contributed by atoms with van der Waals surface area (Å²) in [6.45, 7) is 0.164. The number of amides is 1. The summed E-state index contributed by atoms with van der Waals surface area (Å²) in [5.41, 5.74) is 9.52. The van der Waals surface area contributed by atoms with Crippen LogP contribution >= 0.6 is 0 Å². The molecule has 0 atom stereocenters. The second kappa shape index (κ2) is 11.0. The Kier molecular flexibility index (Phi) is 8.07. The summed E-state index contributed by atoms with van der Waals surface area (Å²) in [5.74, 6) is -0.533. The fourth-order valence-electron chi connectivity index (χ4n) is 3.66. The van der Waals surface area contributed by atoms with Gasteiger partial charge in [-0.1, -0.05) is 18.2 Å². The molecule has 11 heteroatoms. The van der Waals surface area contributed by atoms with Crippen LogP contribution in [0.5, 0.6) is 0 Å². The molecule has 0 radical (unpaired) electrons. The predicted molar refractivity (Wildman–Crippen MR) is 132 cm³/mol. The fraction of sp³-hybridized carbons (Fsp3) is 0.160. The van der Waals surface area contributed by atoms with Gasteiger partial charge in [0, 0.05) is 53.5 Å². The van der Waals surface area contributed by atoms with Gasteiger partial charge in [-0.05, 0) is 29.8 Å². The molecule has 0 bridgehead atoms. The van der Waals surface area contributed by atoms with Crippen molar-refractivity contribution in [1.82, 2.24) is 4.90 Å². The maximum absolute atomic E-state index is 13.2. The summed E-state index contributed by atoms with van der Waals surface area (Å²) < 4.78 is 42.9. The van der Waals surface area contributed by atoms with Gasteiger partial charge in [0.25, 0.3) is 12.4 Å². The minimum Gasteiger partial charge on any atom is -0.748 e. The van der Waals surface area contributed by atoms with Crippen molar-refractivity contribution >= 4 is 39.2 Å². The highest BCUT2D eigenvalue weighted by Gasteiger charge is 2.23. The number of carbonyl (C=O) groups is 2. The highest BCUT2D eigenvalue weighted by Crippen LogP contribution is 2.41. The Morgan fingerprint density at radius 2 is 1.83 bits per heavy atom. The molecule has 188 valence electrons. The van der Waals surface area contributed by atoms with Gasteiger partial charge in [-0.25, -0.2) is 8.42 Å². The number of fused-ring (bicyclic) bond motifs is 2. The van der Waals surface area contributed by atoms with Gasteiger partial charge in [-0.2, -0.15) is 0 Å². The van der Waals surface area contributed by atoms with Crippen LogP contribution in [0.2, 0.25) is 0 Å². The van der Waals surface area contributed by atoms with Crippen molar-refractivity contribution in [3.05, 3.63) is 71.6 Å². The van der Waals surface area contributed by atoms with E-state index in [1.807, 2.05) is 24.3 Å². The largest absolute Gasteiger partial charge is 0.748 e. The molecule has 4 N–H and O–H groups in total. The lowest BCUT2D eigenvalue weighted by Gasteiger charge is -2.21. The first-order valence-corrected chi connectivity index (χ1v) is 12.2. The number of hydrogen-bond donors (Lipinski definition) is 2. The molecule has 0 fully saturated rings. The van der Waals surface area contributed by atoms with Crippen LogP contribution in [0.25, 0.3) is 33.4 Å². The molecule has 1 aliphatic carbocycles. The van der Waals surface area contributed by atoms with Crippen molar-refractivity contribution < 1.29 is 37.1 Å². The summed E-state index contributed by atoms with van der Waals surface area (Å²) in [6.07, 6.45) is 0. The van der Waals surface area contributed by atoms with Gasteiger partial charge in [0.2, 0.25) is 0 Å². The number of hydrogen-bond acceptors (Lipinski definition) is 8.